The summed E-state index contributed by atoms with van der Waals surface area (Å²) in [5, 5.41) is 3.62. The number of nitrogens with one attached hydrogen (secondary N) is 1. The molecule has 1 saturated carbocycles. The number of aliphatic imine (C=N–C) groups is 1. The lowest BCUT2D eigenvalue weighted by molar-refractivity contribution is 0.151. The molecule has 3 aliphatic rings. The Labute approximate surface area is 127 Å². The van der Waals surface area contributed by atoms with E-state index >= 15 is 0 Å². The largest absolute Gasteiger partial charge is 0.356 e. The molecule has 1 spiro atoms. The Hall–Kier alpha value is -1.51. The lowest BCUT2D eigenvalue weighted by Crippen LogP contribution is -2.44. The molecule has 1 aliphatic heterocycles. The van der Waals surface area contributed by atoms with Gasteiger partial charge in [0.1, 0.15) is 0 Å². The van der Waals surface area contributed by atoms with Crippen LogP contribution in [-0.4, -0.2) is 37.5 Å². The molecule has 21 heavy (non-hydrogen) atoms. The molecule has 0 amide bonds. The second-order valence-electron chi connectivity index (χ2n) is 7.05. The fourth-order valence-corrected chi connectivity index (χ4v) is 4.29. The molecule has 1 atom stereocenters. The molecule has 1 heterocycles. The summed E-state index contributed by atoms with van der Waals surface area (Å²) < 4.78 is 0. The minimum atomic E-state index is 0.640. The zero-order chi connectivity index (χ0) is 14.3. The zero-order valence-corrected chi connectivity index (χ0v) is 12.9. The molecule has 1 aromatic carbocycles. The van der Waals surface area contributed by atoms with Crippen LogP contribution in [0.3, 0.4) is 0 Å². The van der Waals surface area contributed by atoms with E-state index in [0.717, 1.165) is 12.5 Å². The van der Waals surface area contributed by atoms with Crippen LogP contribution in [0, 0.1) is 5.41 Å². The van der Waals surface area contributed by atoms with E-state index in [1.54, 1.807) is 0 Å². The summed E-state index contributed by atoms with van der Waals surface area (Å²) in [6.45, 7) is 3.42. The predicted octanol–water partition coefficient (Wildman–Crippen LogP) is 2.78. The van der Waals surface area contributed by atoms with Gasteiger partial charge in [-0.1, -0.05) is 30.7 Å². The Kier molecular flexibility index (Phi) is 3.16. The second-order valence-corrected chi connectivity index (χ2v) is 7.05. The highest BCUT2D eigenvalue weighted by Gasteiger charge is 2.43. The fourth-order valence-electron chi connectivity index (χ4n) is 4.29. The van der Waals surface area contributed by atoms with Crippen molar-refractivity contribution in [3.8, 4) is 0 Å². The van der Waals surface area contributed by atoms with Gasteiger partial charge in [0, 0.05) is 32.6 Å². The summed E-state index contributed by atoms with van der Waals surface area (Å²) >= 11 is 0. The number of guanidine groups is 1. The lowest BCUT2D eigenvalue weighted by Gasteiger charge is -2.38. The van der Waals surface area contributed by atoms with Gasteiger partial charge in [0.25, 0.3) is 0 Å². The highest BCUT2D eigenvalue weighted by Crippen LogP contribution is 2.47. The second kappa shape index (κ2) is 5.04. The van der Waals surface area contributed by atoms with Crippen molar-refractivity contribution < 1.29 is 0 Å². The lowest BCUT2D eigenvalue weighted by atomic mass is 9.68. The van der Waals surface area contributed by atoms with E-state index in [-0.39, 0.29) is 0 Å². The van der Waals surface area contributed by atoms with Crippen LogP contribution >= 0.6 is 0 Å². The summed E-state index contributed by atoms with van der Waals surface area (Å²) in [5.74, 6) is 1.78. The molecule has 0 aromatic heterocycles. The molecule has 1 unspecified atom stereocenters. The number of benzene rings is 1. The van der Waals surface area contributed by atoms with E-state index in [1.807, 2.05) is 7.05 Å². The number of hydrogen-bond acceptors (Lipinski definition) is 1. The van der Waals surface area contributed by atoms with Crippen molar-refractivity contribution in [1.82, 2.24) is 10.2 Å². The molecule has 3 nitrogen and oxygen atoms in total. The van der Waals surface area contributed by atoms with Crippen LogP contribution in [0.2, 0.25) is 0 Å². The summed E-state index contributed by atoms with van der Waals surface area (Å²) in [6, 6.07) is 8.82. The molecular formula is C18H25N3. The molecule has 3 heteroatoms. The first-order chi connectivity index (χ1) is 10.3. The quantitative estimate of drug-likeness (QED) is 0.667. The molecular weight excluding hydrogens is 258 g/mol. The minimum absolute atomic E-state index is 0.640. The molecule has 0 radical (unpaired) electrons. The molecule has 1 N–H and O–H groups in total. The van der Waals surface area contributed by atoms with Crippen LogP contribution in [-0.2, 0) is 6.42 Å². The van der Waals surface area contributed by atoms with Gasteiger partial charge in [-0.05, 0) is 42.2 Å². The minimum Gasteiger partial charge on any atom is -0.356 e. The van der Waals surface area contributed by atoms with Crippen molar-refractivity contribution in [3.05, 3.63) is 35.4 Å². The van der Waals surface area contributed by atoms with Crippen molar-refractivity contribution in [2.24, 2.45) is 10.4 Å². The zero-order valence-electron chi connectivity index (χ0n) is 12.9. The Morgan fingerprint density at radius 2 is 2.19 bits per heavy atom. The standard InChI is InChI=1S/C18H25N3/c1-19-17(21-10-9-18(13-21)7-4-8-18)20-12-15-11-14-5-2-3-6-16(14)15/h2-3,5-6,15H,4,7-13H2,1H3,(H,19,20). The van der Waals surface area contributed by atoms with E-state index in [0.29, 0.717) is 11.3 Å². The van der Waals surface area contributed by atoms with Gasteiger partial charge in [-0.2, -0.15) is 0 Å². The first-order valence-corrected chi connectivity index (χ1v) is 8.33. The Balaban J connectivity index is 1.34. The van der Waals surface area contributed by atoms with Gasteiger partial charge in [-0.15, -0.1) is 0 Å². The number of nitrogens with zero attached hydrogens (tertiary/aromatic N) is 2. The highest BCUT2D eigenvalue weighted by atomic mass is 15.3. The monoisotopic (exact) mass is 283 g/mol. The summed E-state index contributed by atoms with van der Waals surface area (Å²) in [4.78, 5) is 6.99. The Morgan fingerprint density at radius 1 is 1.33 bits per heavy atom. The molecule has 4 rings (SSSR count). The first kappa shape index (κ1) is 13.2. The third-order valence-corrected chi connectivity index (χ3v) is 5.83. The van der Waals surface area contributed by atoms with E-state index in [2.05, 4.69) is 39.5 Å². The number of hydrogen-bond donors (Lipinski definition) is 1. The third kappa shape index (κ3) is 2.23. The molecule has 1 aromatic rings. The topological polar surface area (TPSA) is 27.6 Å². The summed E-state index contributed by atoms with van der Waals surface area (Å²) in [6.07, 6.45) is 6.86. The van der Waals surface area contributed by atoms with Gasteiger partial charge in [-0.3, -0.25) is 4.99 Å². The Bertz CT molecular complexity index is 559. The van der Waals surface area contributed by atoms with Crippen LogP contribution in [0.5, 0.6) is 0 Å². The van der Waals surface area contributed by atoms with Crippen LogP contribution in [0.25, 0.3) is 0 Å². The predicted molar refractivity (Wildman–Crippen MR) is 86.7 cm³/mol. The number of likely N-dealkylation sites (tertiary alicyclic amines) is 1. The first-order valence-electron chi connectivity index (χ1n) is 8.33. The van der Waals surface area contributed by atoms with E-state index in [9.17, 15) is 0 Å². The molecule has 0 bridgehead atoms. The van der Waals surface area contributed by atoms with E-state index < -0.39 is 0 Å². The normalized spacial score (nSPS) is 26.2. The molecule has 2 aliphatic carbocycles. The smallest absolute Gasteiger partial charge is 0.193 e. The summed E-state index contributed by atoms with van der Waals surface area (Å²) in [5.41, 5.74) is 3.69. The summed E-state index contributed by atoms with van der Waals surface area (Å²) in [7, 11) is 1.92. The van der Waals surface area contributed by atoms with Crippen LogP contribution in [0.1, 0.15) is 42.7 Å². The highest BCUT2D eigenvalue weighted by molar-refractivity contribution is 5.80. The molecule has 112 valence electrons. The van der Waals surface area contributed by atoms with Gasteiger partial charge in [-0.25, -0.2) is 0 Å². The van der Waals surface area contributed by atoms with E-state index in [1.165, 1.54) is 56.3 Å². The Morgan fingerprint density at radius 3 is 2.86 bits per heavy atom. The van der Waals surface area contributed by atoms with Crippen molar-refractivity contribution in [1.29, 1.82) is 0 Å². The maximum atomic E-state index is 4.51. The third-order valence-electron chi connectivity index (χ3n) is 5.83. The molecule has 1 saturated heterocycles. The number of rotatable bonds is 2. The van der Waals surface area contributed by atoms with Crippen molar-refractivity contribution in [2.75, 3.05) is 26.7 Å². The maximum Gasteiger partial charge on any atom is 0.193 e. The van der Waals surface area contributed by atoms with E-state index in [4.69, 9.17) is 0 Å². The average molecular weight is 283 g/mol. The van der Waals surface area contributed by atoms with Gasteiger partial charge in [0.2, 0.25) is 0 Å². The van der Waals surface area contributed by atoms with Crippen LogP contribution in [0.4, 0.5) is 0 Å². The maximum absolute atomic E-state index is 4.51. The SMILES string of the molecule is CN=C(NCC1Cc2ccccc21)N1CCC2(CCC2)C1. The van der Waals surface area contributed by atoms with Gasteiger partial charge in [0.15, 0.2) is 5.96 Å². The van der Waals surface area contributed by atoms with Gasteiger partial charge in [0.05, 0.1) is 0 Å². The molecule has 2 fully saturated rings. The van der Waals surface area contributed by atoms with Gasteiger partial charge >= 0.3 is 0 Å². The van der Waals surface area contributed by atoms with Crippen LogP contribution in [0.15, 0.2) is 29.3 Å². The van der Waals surface area contributed by atoms with Crippen molar-refractivity contribution in [3.63, 3.8) is 0 Å². The number of fused-ring (bicyclic) bond motifs is 1. The van der Waals surface area contributed by atoms with Gasteiger partial charge < -0.3 is 10.2 Å². The van der Waals surface area contributed by atoms with Crippen molar-refractivity contribution in [2.45, 2.75) is 38.0 Å². The van der Waals surface area contributed by atoms with Crippen molar-refractivity contribution >= 4 is 5.96 Å². The van der Waals surface area contributed by atoms with Crippen LogP contribution < -0.4 is 5.32 Å². The fraction of sp³-hybridized carbons (Fsp3) is 0.611. The average Bonchev–Trinajstić information content (AvgIpc) is 2.89.